The fourth-order valence-electron chi connectivity index (χ4n) is 5.63. The van der Waals surface area contributed by atoms with Gasteiger partial charge in [0, 0.05) is 55.7 Å². The van der Waals surface area contributed by atoms with E-state index in [1.54, 1.807) is 32.4 Å². The quantitative estimate of drug-likeness (QED) is 0.668. The number of ether oxygens (including phenoxy) is 2. The van der Waals surface area contributed by atoms with Gasteiger partial charge in [0.15, 0.2) is 0 Å². The molecule has 3 fully saturated rings. The van der Waals surface area contributed by atoms with Crippen LogP contribution in [0, 0.1) is 11.8 Å². The third-order valence-electron chi connectivity index (χ3n) is 7.86. The number of rotatable bonds is 6. The standard InChI is InChI=1S/C27H39N3O5/c1-34-23-16-21(17-24(18-23)35-2)27(33)29-12-8-20(9-13-29)26(32)30-14-10-22(11-15-30)28-25(31)19-6-4-3-5-7-19/h16-20,22H,3-15H2,1-2H3,(H,28,31). The van der Waals surface area contributed by atoms with Gasteiger partial charge in [-0.25, -0.2) is 0 Å². The summed E-state index contributed by atoms with van der Waals surface area (Å²) in [6.45, 7) is 2.50. The number of amides is 3. The van der Waals surface area contributed by atoms with Gasteiger partial charge in [-0.2, -0.15) is 0 Å². The molecule has 8 heteroatoms. The van der Waals surface area contributed by atoms with Gasteiger partial charge in [-0.3, -0.25) is 14.4 Å². The molecule has 0 radical (unpaired) electrons. The molecule has 192 valence electrons. The second kappa shape index (κ2) is 11.8. The number of hydrogen-bond acceptors (Lipinski definition) is 5. The molecule has 4 rings (SSSR count). The fourth-order valence-corrected chi connectivity index (χ4v) is 5.63. The molecule has 2 heterocycles. The van der Waals surface area contributed by atoms with Crippen LogP contribution in [0.2, 0.25) is 0 Å². The third kappa shape index (κ3) is 6.27. The molecule has 0 unspecified atom stereocenters. The Morgan fingerprint density at radius 2 is 1.31 bits per heavy atom. The van der Waals surface area contributed by atoms with Gasteiger partial charge in [0.1, 0.15) is 11.5 Å². The molecule has 2 saturated heterocycles. The van der Waals surface area contributed by atoms with Crippen molar-refractivity contribution in [3.8, 4) is 11.5 Å². The zero-order valence-electron chi connectivity index (χ0n) is 21.1. The molecular weight excluding hydrogens is 446 g/mol. The normalized spacial score (nSPS) is 20.4. The third-order valence-corrected chi connectivity index (χ3v) is 7.86. The maximum absolute atomic E-state index is 13.1. The first-order valence-electron chi connectivity index (χ1n) is 13.1. The summed E-state index contributed by atoms with van der Waals surface area (Å²) in [5.74, 6) is 1.62. The highest BCUT2D eigenvalue weighted by atomic mass is 16.5. The Labute approximate surface area is 208 Å². The molecule has 1 saturated carbocycles. The van der Waals surface area contributed by atoms with E-state index in [-0.39, 0.29) is 35.6 Å². The second-order valence-corrected chi connectivity index (χ2v) is 10.1. The molecule has 0 atom stereocenters. The van der Waals surface area contributed by atoms with Crippen LogP contribution in [0.5, 0.6) is 11.5 Å². The van der Waals surface area contributed by atoms with E-state index >= 15 is 0 Å². The first-order chi connectivity index (χ1) is 17.0. The predicted molar refractivity (Wildman–Crippen MR) is 132 cm³/mol. The highest BCUT2D eigenvalue weighted by molar-refractivity contribution is 5.95. The van der Waals surface area contributed by atoms with Gasteiger partial charge in [0.25, 0.3) is 5.91 Å². The number of benzene rings is 1. The summed E-state index contributed by atoms with van der Waals surface area (Å²) < 4.78 is 10.6. The molecule has 3 amide bonds. The number of nitrogens with one attached hydrogen (secondary N) is 1. The van der Waals surface area contributed by atoms with Crippen LogP contribution in [0.1, 0.15) is 68.1 Å². The van der Waals surface area contributed by atoms with Crippen LogP contribution >= 0.6 is 0 Å². The van der Waals surface area contributed by atoms with Crippen LogP contribution in [0.3, 0.4) is 0 Å². The summed E-state index contributed by atoms with van der Waals surface area (Å²) in [4.78, 5) is 42.5. The highest BCUT2D eigenvalue weighted by Crippen LogP contribution is 2.27. The Morgan fingerprint density at radius 3 is 1.89 bits per heavy atom. The first-order valence-corrected chi connectivity index (χ1v) is 13.1. The predicted octanol–water partition coefficient (Wildman–Crippen LogP) is 3.24. The largest absolute Gasteiger partial charge is 0.497 e. The molecule has 35 heavy (non-hydrogen) atoms. The summed E-state index contributed by atoms with van der Waals surface area (Å²) in [6, 6.07) is 5.36. The van der Waals surface area contributed by atoms with Crippen molar-refractivity contribution >= 4 is 17.7 Å². The number of carbonyl (C=O) groups is 3. The number of nitrogens with zero attached hydrogens (tertiary/aromatic N) is 2. The maximum atomic E-state index is 13.1. The van der Waals surface area contributed by atoms with Crippen molar-refractivity contribution < 1.29 is 23.9 Å². The monoisotopic (exact) mass is 485 g/mol. The second-order valence-electron chi connectivity index (χ2n) is 10.1. The van der Waals surface area contributed by atoms with Crippen molar-refractivity contribution in [2.45, 2.75) is 63.8 Å². The van der Waals surface area contributed by atoms with Crippen LogP contribution in [-0.4, -0.2) is 74.0 Å². The van der Waals surface area contributed by atoms with E-state index in [2.05, 4.69) is 5.32 Å². The molecule has 1 aromatic carbocycles. The molecule has 0 bridgehead atoms. The van der Waals surface area contributed by atoms with Gasteiger partial charge in [-0.15, -0.1) is 0 Å². The molecule has 2 aliphatic heterocycles. The Morgan fingerprint density at radius 1 is 0.743 bits per heavy atom. The zero-order chi connectivity index (χ0) is 24.8. The minimum atomic E-state index is -0.0670. The average molecular weight is 486 g/mol. The first kappa shape index (κ1) is 25.3. The number of carbonyl (C=O) groups excluding carboxylic acids is 3. The van der Waals surface area contributed by atoms with E-state index in [0.29, 0.717) is 56.1 Å². The number of methoxy groups -OCH3 is 2. The van der Waals surface area contributed by atoms with Crippen LogP contribution in [-0.2, 0) is 9.59 Å². The zero-order valence-corrected chi connectivity index (χ0v) is 21.1. The molecule has 0 spiro atoms. The molecule has 1 aliphatic carbocycles. The van der Waals surface area contributed by atoms with Crippen molar-refractivity contribution in [2.75, 3.05) is 40.4 Å². The van der Waals surface area contributed by atoms with E-state index in [1.807, 2.05) is 9.80 Å². The van der Waals surface area contributed by atoms with E-state index < -0.39 is 0 Å². The van der Waals surface area contributed by atoms with Crippen molar-refractivity contribution in [1.29, 1.82) is 0 Å². The van der Waals surface area contributed by atoms with Crippen molar-refractivity contribution in [1.82, 2.24) is 15.1 Å². The minimum Gasteiger partial charge on any atom is -0.497 e. The van der Waals surface area contributed by atoms with Crippen molar-refractivity contribution in [3.05, 3.63) is 23.8 Å². The average Bonchev–Trinajstić information content (AvgIpc) is 2.92. The van der Waals surface area contributed by atoms with E-state index in [0.717, 1.165) is 38.5 Å². The topological polar surface area (TPSA) is 88.2 Å². The van der Waals surface area contributed by atoms with Crippen molar-refractivity contribution in [3.63, 3.8) is 0 Å². The summed E-state index contributed by atoms with van der Waals surface area (Å²) in [5.41, 5.74) is 0.531. The van der Waals surface area contributed by atoms with Gasteiger partial charge >= 0.3 is 0 Å². The molecule has 1 N–H and O–H groups in total. The van der Waals surface area contributed by atoms with Gasteiger partial charge in [0.05, 0.1) is 14.2 Å². The lowest BCUT2D eigenvalue weighted by Gasteiger charge is -2.38. The van der Waals surface area contributed by atoms with E-state index in [9.17, 15) is 14.4 Å². The van der Waals surface area contributed by atoms with Gasteiger partial charge in [-0.05, 0) is 50.7 Å². The van der Waals surface area contributed by atoms with Crippen LogP contribution in [0.15, 0.2) is 18.2 Å². The van der Waals surface area contributed by atoms with Crippen molar-refractivity contribution in [2.24, 2.45) is 11.8 Å². The van der Waals surface area contributed by atoms with Gasteiger partial charge < -0.3 is 24.6 Å². The lowest BCUT2D eigenvalue weighted by atomic mass is 9.88. The van der Waals surface area contributed by atoms with E-state index in [1.165, 1.54) is 6.42 Å². The molecule has 1 aromatic rings. The summed E-state index contributed by atoms with van der Waals surface area (Å²) >= 11 is 0. The fraction of sp³-hybridized carbons (Fsp3) is 0.667. The molecular formula is C27H39N3O5. The SMILES string of the molecule is COc1cc(OC)cc(C(=O)N2CCC(C(=O)N3CCC(NC(=O)C4CCCCC4)CC3)CC2)c1. The van der Waals surface area contributed by atoms with Crippen LogP contribution in [0.4, 0.5) is 0 Å². The lowest BCUT2D eigenvalue weighted by molar-refractivity contribution is -0.138. The summed E-state index contributed by atoms with van der Waals surface area (Å²) in [7, 11) is 3.13. The lowest BCUT2D eigenvalue weighted by Crippen LogP contribution is -2.50. The Kier molecular flexibility index (Phi) is 8.52. The number of likely N-dealkylation sites (tertiary alicyclic amines) is 2. The van der Waals surface area contributed by atoms with Gasteiger partial charge in [0.2, 0.25) is 11.8 Å². The molecule has 3 aliphatic rings. The minimum absolute atomic E-state index is 0.0488. The summed E-state index contributed by atoms with van der Waals surface area (Å²) in [5, 5.41) is 3.24. The highest BCUT2D eigenvalue weighted by Gasteiger charge is 2.33. The van der Waals surface area contributed by atoms with Crippen LogP contribution < -0.4 is 14.8 Å². The number of piperidine rings is 2. The Bertz CT molecular complexity index is 876. The number of hydrogen-bond donors (Lipinski definition) is 1. The molecule has 0 aromatic heterocycles. The summed E-state index contributed by atoms with van der Waals surface area (Å²) in [6.07, 6.45) is 8.55. The Balaban J connectivity index is 1.23. The van der Waals surface area contributed by atoms with E-state index in [4.69, 9.17) is 9.47 Å². The Hall–Kier alpha value is -2.77. The molecule has 8 nitrogen and oxygen atoms in total. The van der Waals surface area contributed by atoms with Crippen LogP contribution in [0.25, 0.3) is 0 Å². The van der Waals surface area contributed by atoms with Gasteiger partial charge in [-0.1, -0.05) is 19.3 Å². The maximum Gasteiger partial charge on any atom is 0.254 e. The smallest absolute Gasteiger partial charge is 0.254 e.